The molecular formula is C27H26ClF3NO5P. The Morgan fingerprint density at radius 2 is 1.66 bits per heavy atom. The van der Waals surface area contributed by atoms with Crippen molar-refractivity contribution in [1.82, 2.24) is 4.57 Å². The van der Waals surface area contributed by atoms with Crippen LogP contribution in [0.4, 0.5) is 13.2 Å². The minimum Gasteiger partial charge on any atom is -0.491 e. The van der Waals surface area contributed by atoms with Crippen LogP contribution in [0.3, 0.4) is 0 Å². The average Bonchev–Trinajstić information content (AvgIpc) is 3.12. The maximum absolute atomic E-state index is 13.3. The molecule has 0 spiro atoms. The highest BCUT2D eigenvalue weighted by Gasteiger charge is 2.33. The van der Waals surface area contributed by atoms with Gasteiger partial charge in [-0.25, -0.2) is 0 Å². The number of benzene rings is 3. The first kappa shape index (κ1) is 28.0. The number of nitrogens with zero attached hydrogens (tertiary/aromatic N) is 1. The Morgan fingerprint density at radius 1 is 1.03 bits per heavy atom. The molecule has 0 bridgehead atoms. The number of fused-ring (bicyclic) bond motifs is 1. The van der Waals surface area contributed by atoms with Gasteiger partial charge < -0.3 is 23.5 Å². The molecule has 3 aromatic carbocycles. The van der Waals surface area contributed by atoms with E-state index in [1.165, 1.54) is 12.1 Å². The highest BCUT2D eigenvalue weighted by molar-refractivity contribution is 7.61. The lowest BCUT2D eigenvalue weighted by Crippen LogP contribution is -2.19. The first-order valence-corrected chi connectivity index (χ1v) is 13.7. The Kier molecular flexibility index (Phi) is 7.86. The van der Waals surface area contributed by atoms with E-state index >= 15 is 0 Å². The molecule has 1 aromatic heterocycles. The molecular weight excluding hydrogens is 542 g/mol. The van der Waals surface area contributed by atoms with Gasteiger partial charge in [0.05, 0.1) is 23.3 Å². The van der Waals surface area contributed by atoms with E-state index in [9.17, 15) is 22.6 Å². The van der Waals surface area contributed by atoms with Gasteiger partial charge in [-0.3, -0.25) is 4.57 Å². The van der Waals surface area contributed by atoms with E-state index in [-0.39, 0.29) is 23.2 Å². The van der Waals surface area contributed by atoms with Crippen LogP contribution >= 0.6 is 19.2 Å². The normalized spacial score (nSPS) is 13.6. The molecule has 0 aliphatic rings. The van der Waals surface area contributed by atoms with Gasteiger partial charge in [0.1, 0.15) is 16.9 Å². The van der Waals surface area contributed by atoms with E-state index < -0.39 is 19.7 Å². The van der Waals surface area contributed by atoms with Crippen LogP contribution < -0.4 is 14.9 Å². The van der Waals surface area contributed by atoms with Crippen LogP contribution in [0, 0.1) is 6.92 Å². The summed E-state index contributed by atoms with van der Waals surface area (Å²) in [6.45, 7) is 7.18. The van der Waals surface area contributed by atoms with Crippen LogP contribution in [0.2, 0.25) is 5.02 Å². The molecule has 1 atom stereocenters. The summed E-state index contributed by atoms with van der Waals surface area (Å²) < 4.78 is 68.5. The maximum atomic E-state index is 13.3. The molecule has 4 rings (SSSR count). The molecule has 11 heteroatoms. The molecule has 0 aliphatic carbocycles. The molecule has 0 amide bonds. The fraction of sp³-hybridized carbons (Fsp3) is 0.259. The number of rotatable bonds is 8. The number of hydrogen-bond acceptors (Lipinski definition) is 4. The van der Waals surface area contributed by atoms with E-state index in [0.717, 1.165) is 0 Å². The first-order chi connectivity index (χ1) is 17.8. The van der Waals surface area contributed by atoms with E-state index in [4.69, 9.17) is 20.9 Å². The molecule has 0 radical (unpaired) electrons. The predicted octanol–water partition coefficient (Wildman–Crippen LogP) is 7.79. The van der Waals surface area contributed by atoms with Gasteiger partial charge in [-0.2, -0.15) is 0 Å². The van der Waals surface area contributed by atoms with Crippen molar-refractivity contribution in [3.63, 3.8) is 0 Å². The first-order valence-electron chi connectivity index (χ1n) is 11.8. The Balaban J connectivity index is 1.90. The minimum absolute atomic E-state index is 0.0185. The van der Waals surface area contributed by atoms with Crippen molar-refractivity contribution in [2.75, 3.05) is 6.61 Å². The zero-order valence-electron chi connectivity index (χ0n) is 21.0. The quantitative estimate of drug-likeness (QED) is 0.220. The van der Waals surface area contributed by atoms with Gasteiger partial charge in [0, 0.05) is 11.1 Å². The third-order valence-electron chi connectivity index (χ3n) is 5.72. The van der Waals surface area contributed by atoms with Crippen LogP contribution in [0.15, 0.2) is 60.7 Å². The zero-order chi connectivity index (χ0) is 27.8. The van der Waals surface area contributed by atoms with E-state index in [1.807, 2.05) is 13.8 Å². The Bertz CT molecular complexity index is 1520. The second-order valence-electron chi connectivity index (χ2n) is 8.81. The third kappa shape index (κ3) is 5.86. The highest BCUT2D eigenvalue weighted by Crippen LogP contribution is 2.45. The predicted molar refractivity (Wildman–Crippen MR) is 142 cm³/mol. The number of ether oxygens (including phenoxy) is 2. The fourth-order valence-corrected chi connectivity index (χ4v) is 5.93. The standard InChI is InChI=1S/C27H26ClF3NO5P/c1-5-35-38(33,34)26-17(4)22-14-18(19-6-12-23(28)25(15-19)37-27(29,30)31)7-13-24(22)32(26)20-8-10-21(11-9-20)36-16(2)3/h6-16H,5H2,1-4H3,(H,33,34). The summed E-state index contributed by atoms with van der Waals surface area (Å²) >= 11 is 5.91. The number of aryl methyl sites for hydroxylation is 1. The molecule has 0 fully saturated rings. The van der Waals surface area contributed by atoms with Gasteiger partial charge in [-0.05, 0) is 92.9 Å². The lowest BCUT2D eigenvalue weighted by molar-refractivity contribution is -0.274. The van der Waals surface area contributed by atoms with Crippen molar-refractivity contribution in [3.05, 3.63) is 71.2 Å². The molecule has 38 heavy (non-hydrogen) atoms. The van der Waals surface area contributed by atoms with Crippen molar-refractivity contribution < 1.29 is 36.6 Å². The molecule has 1 heterocycles. The summed E-state index contributed by atoms with van der Waals surface area (Å²) in [5, 5.41) is 0.446. The molecule has 0 saturated heterocycles. The van der Waals surface area contributed by atoms with E-state index in [0.29, 0.717) is 39.0 Å². The summed E-state index contributed by atoms with van der Waals surface area (Å²) in [7, 11) is -4.25. The zero-order valence-corrected chi connectivity index (χ0v) is 22.7. The molecule has 1 N–H and O–H groups in total. The maximum Gasteiger partial charge on any atom is 0.573 e. The molecule has 0 aliphatic heterocycles. The Hall–Kier alpha value is -2.97. The van der Waals surface area contributed by atoms with Crippen LogP contribution in [-0.2, 0) is 9.09 Å². The van der Waals surface area contributed by atoms with Gasteiger partial charge >= 0.3 is 14.0 Å². The largest absolute Gasteiger partial charge is 0.573 e. The summed E-state index contributed by atoms with van der Waals surface area (Å²) in [5.74, 6) is 0.129. The lowest BCUT2D eigenvalue weighted by Gasteiger charge is -2.17. The number of alkyl halides is 3. The monoisotopic (exact) mass is 567 g/mol. The van der Waals surface area contributed by atoms with Crippen molar-refractivity contribution in [1.29, 1.82) is 0 Å². The van der Waals surface area contributed by atoms with Gasteiger partial charge in [0.15, 0.2) is 0 Å². The number of halogens is 4. The molecule has 1 unspecified atom stereocenters. The summed E-state index contributed by atoms with van der Waals surface area (Å²) in [4.78, 5) is 10.9. The lowest BCUT2D eigenvalue weighted by atomic mass is 10.0. The fourth-order valence-electron chi connectivity index (χ4n) is 4.28. The smallest absolute Gasteiger partial charge is 0.491 e. The third-order valence-corrected chi connectivity index (χ3v) is 7.71. The van der Waals surface area contributed by atoms with Crippen molar-refractivity contribution in [3.8, 4) is 28.3 Å². The molecule has 202 valence electrons. The Morgan fingerprint density at radius 3 is 2.26 bits per heavy atom. The SMILES string of the molecule is CCOP(=O)(O)c1c(C)c2cc(-c3ccc(Cl)c(OC(F)(F)F)c3)ccc2n1-c1ccc(OC(C)C)cc1. The van der Waals surface area contributed by atoms with Gasteiger partial charge in [0.25, 0.3) is 0 Å². The Labute approximate surface area is 223 Å². The summed E-state index contributed by atoms with van der Waals surface area (Å²) in [5.41, 5.74) is 2.83. The number of aromatic nitrogens is 1. The van der Waals surface area contributed by atoms with Crippen molar-refractivity contribution in [2.24, 2.45) is 0 Å². The summed E-state index contributed by atoms with van der Waals surface area (Å²) in [6.07, 6.45) is -4.92. The van der Waals surface area contributed by atoms with E-state index in [2.05, 4.69) is 4.74 Å². The minimum atomic E-state index is -4.90. The van der Waals surface area contributed by atoms with Gasteiger partial charge in [-0.1, -0.05) is 23.7 Å². The second kappa shape index (κ2) is 10.7. The van der Waals surface area contributed by atoms with Crippen LogP contribution in [0.1, 0.15) is 26.3 Å². The number of hydrogen-bond donors (Lipinski definition) is 1. The van der Waals surface area contributed by atoms with Crippen molar-refractivity contribution >= 4 is 35.5 Å². The average molecular weight is 568 g/mol. The van der Waals surface area contributed by atoms with Crippen LogP contribution in [0.25, 0.3) is 27.7 Å². The van der Waals surface area contributed by atoms with Gasteiger partial charge in [-0.15, -0.1) is 13.2 Å². The van der Waals surface area contributed by atoms with E-state index in [1.54, 1.807) is 66.9 Å². The van der Waals surface area contributed by atoms with Crippen molar-refractivity contribution in [2.45, 2.75) is 40.2 Å². The highest BCUT2D eigenvalue weighted by atomic mass is 35.5. The van der Waals surface area contributed by atoms with Gasteiger partial charge in [0.2, 0.25) is 0 Å². The van der Waals surface area contributed by atoms with Crippen LogP contribution in [-0.4, -0.2) is 28.5 Å². The molecule has 6 nitrogen and oxygen atoms in total. The van der Waals surface area contributed by atoms with Crippen LogP contribution in [0.5, 0.6) is 11.5 Å². The molecule has 0 saturated carbocycles. The second-order valence-corrected chi connectivity index (χ2v) is 10.9. The molecule has 4 aromatic rings. The topological polar surface area (TPSA) is 69.9 Å². The summed E-state index contributed by atoms with van der Waals surface area (Å²) in [6, 6.07) is 16.4.